The number of nitriles is 1. The molecular formula is C15H17N5. The molecule has 0 unspecified atom stereocenters. The van der Waals surface area contributed by atoms with Crippen molar-refractivity contribution in [2.24, 2.45) is 7.05 Å². The number of aromatic nitrogens is 2. The third kappa shape index (κ3) is 1.95. The number of benzene rings is 1. The Morgan fingerprint density at radius 2 is 2.15 bits per heavy atom. The first-order valence-electron chi connectivity index (χ1n) is 6.72. The van der Waals surface area contributed by atoms with Crippen molar-refractivity contribution in [3.05, 3.63) is 41.1 Å². The molecule has 0 spiro atoms. The Morgan fingerprint density at radius 1 is 1.35 bits per heavy atom. The van der Waals surface area contributed by atoms with Gasteiger partial charge in [-0.05, 0) is 18.6 Å². The highest BCUT2D eigenvalue weighted by Gasteiger charge is 2.23. The molecule has 0 aliphatic carbocycles. The van der Waals surface area contributed by atoms with E-state index in [1.54, 1.807) is 4.68 Å². The van der Waals surface area contributed by atoms with Crippen molar-refractivity contribution in [1.29, 1.82) is 5.26 Å². The normalized spacial score (nSPS) is 14.6. The molecule has 5 heteroatoms. The maximum Gasteiger partial charge on any atom is 0.149 e. The van der Waals surface area contributed by atoms with E-state index in [4.69, 9.17) is 0 Å². The third-order valence-corrected chi connectivity index (χ3v) is 3.67. The Hall–Kier alpha value is -2.32. The van der Waals surface area contributed by atoms with E-state index in [-0.39, 0.29) is 0 Å². The predicted octanol–water partition coefficient (Wildman–Crippen LogP) is 1.84. The molecule has 102 valence electrons. The van der Waals surface area contributed by atoms with Crippen molar-refractivity contribution in [3.8, 4) is 6.07 Å². The van der Waals surface area contributed by atoms with Gasteiger partial charge in [0, 0.05) is 32.4 Å². The van der Waals surface area contributed by atoms with Gasteiger partial charge in [0.05, 0.1) is 5.69 Å². The second-order valence-corrected chi connectivity index (χ2v) is 4.98. The minimum absolute atomic E-state index is 0.657. The first-order valence-corrected chi connectivity index (χ1v) is 6.72. The number of hydrogen-bond acceptors (Lipinski definition) is 4. The highest BCUT2D eigenvalue weighted by molar-refractivity contribution is 5.70. The van der Waals surface area contributed by atoms with Crippen molar-refractivity contribution in [2.75, 3.05) is 18.0 Å². The van der Waals surface area contributed by atoms with Crippen molar-refractivity contribution in [1.82, 2.24) is 15.1 Å². The Kier molecular flexibility index (Phi) is 3.17. The summed E-state index contributed by atoms with van der Waals surface area (Å²) < 4.78 is 1.80. The number of nitrogens with zero attached hydrogens (tertiary/aromatic N) is 4. The Bertz CT molecular complexity index is 680. The van der Waals surface area contributed by atoms with Crippen LogP contribution in [0, 0.1) is 18.3 Å². The molecule has 5 nitrogen and oxygen atoms in total. The molecule has 0 amide bonds. The van der Waals surface area contributed by atoms with Crippen molar-refractivity contribution < 1.29 is 0 Å². The van der Waals surface area contributed by atoms with Gasteiger partial charge in [-0.2, -0.15) is 10.4 Å². The van der Waals surface area contributed by atoms with Crippen LogP contribution in [0.3, 0.4) is 0 Å². The number of anilines is 2. The second kappa shape index (κ2) is 4.99. The first-order chi connectivity index (χ1) is 9.72. The predicted molar refractivity (Wildman–Crippen MR) is 77.8 cm³/mol. The zero-order valence-electron chi connectivity index (χ0n) is 11.7. The summed E-state index contributed by atoms with van der Waals surface area (Å²) in [5.74, 6) is 0.876. The highest BCUT2D eigenvalue weighted by atomic mass is 15.4. The summed E-state index contributed by atoms with van der Waals surface area (Å²) in [7, 11) is 1.89. The lowest BCUT2D eigenvalue weighted by Gasteiger charge is -2.24. The SMILES string of the molecule is Cc1nn(C)c(N2CCNCc3ccccc32)c1C#N. The van der Waals surface area contributed by atoms with Crippen molar-refractivity contribution in [3.63, 3.8) is 0 Å². The van der Waals surface area contributed by atoms with Gasteiger partial charge in [-0.3, -0.25) is 4.68 Å². The smallest absolute Gasteiger partial charge is 0.149 e. The van der Waals surface area contributed by atoms with Crippen LogP contribution in [0.5, 0.6) is 0 Å². The monoisotopic (exact) mass is 267 g/mol. The van der Waals surface area contributed by atoms with Crippen LogP contribution in [0.25, 0.3) is 0 Å². The Morgan fingerprint density at radius 3 is 2.95 bits per heavy atom. The minimum atomic E-state index is 0.657. The molecule has 1 aliphatic rings. The van der Waals surface area contributed by atoms with Crippen molar-refractivity contribution in [2.45, 2.75) is 13.5 Å². The number of aryl methyl sites for hydroxylation is 2. The number of para-hydroxylation sites is 1. The Labute approximate surface area is 118 Å². The van der Waals surface area contributed by atoms with Gasteiger partial charge in [0.2, 0.25) is 0 Å². The van der Waals surface area contributed by atoms with Gasteiger partial charge >= 0.3 is 0 Å². The lowest BCUT2D eigenvalue weighted by atomic mass is 10.1. The second-order valence-electron chi connectivity index (χ2n) is 4.98. The van der Waals surface area contributed by atoms with Gasteiger partial charge in [-0.1, -0.05) is 18.2 Å². The number of fused-ring (bicyclic) bond motifs is 1. The molecule has 1 aliphatic heterocycles. The molecule has 0 atom stereocenters. The number of hydrogen-bond donors (Lipinski definition) is 1. The Balaban J connectivity index is 2.18. The molecule has 0 fully saturated rings. The van der Waals surface area contributed by atoms with E-state index in [0.717, 1.165) is 36.8 Å². The largest absolute Gasteiger partial charge is 0.324 e. The molecule has 2 aromatic rings. The van der Waals surface area contributed by atoms with E-state index in [0.29, 0.717) is 5.56 Å². The van der Waals surface area contributed by atoms with Gasteiger partial charge in [0.15, 0.2) is 0 Å². The summed E-state index contributed by atoms with van der Waals surface area (Å²) in [6, 6.07) is 10.6. The van der Waals surface area contributed by atoms with E-state index in [1.165, 1.54) is 5.56 Å². The van der Waals surface area contributed by atoms with Crippen LogP contribution in [0.4, 0.5) is 11.5 Å². The van der Waals surface area contributed by atoms with Gasteiger partial charge in [-0.25, -0.2) is 0 Å². The van der Waals surface area contributed by atoms with Crippen LogP contribution in [0.1, 0.15) is 16.8 Å². The summed E-state index contributed by atoms with van der Waals surface area (Å²) in [5.41, 5.74) is 3.83. The molecule has 0 saturated carbocycles. The van der Waals surface area contributed by atoms with Gasteiger partial charge in [0.1, 0.15) is 17.5 Å². The molecule has 0 bridgehead atoms. The van der Waals surface area contributed by atoms with Crippen LogP contribution in [-0.2, 0) is 13.6 Å². The number of rotatable bonds is 1. The first kappa shape index (κ1) is 12.7. The van der Waals surface area contributed by atoms with Gasteiger partial charge in [0.25, 0.3) is 0 Å². The van der Waals surface area contributed by atoms with E-state index >= 15 is 0 Å². The van der Waals surface area contributed by atoms with Crippen LogP contribution >= 0.6 is 0 Å². The molecule has 1 N–H and O–H groups in total. The molecule has 3 rings (SSSR count). The molecule has 20 heavy (non-hydrogen) atoms. The quantitative estimate of drug-likeness (QED) is 0.856. The average molecular weight is 267 g/mol. The topological polar surface area (TPSA) is 56.9 Å². The van der Waals surface area contributed by atoms with Crippen LogP contribution in [0.2, 0.25) is 0 Å². The maximum atomic E-state index is 9.42. The fraction of sp³-hybridized carbons (Fsp3) is 0.333. The van der Waals surface area contributed by atoms with E-state index in [9.17, 15) is 5.26 Å². The van der Waals surface area contributed by atoms with Crippen LogP contribution in [0.15, 0.2) is 24.3 Å². The van der Waals surface area contributed by atoms with E-state index < -0.39 is 0 Å². The third-order valence-electron chi connectivity index (χ3n) is 3.67. The standard InChI is InChI=1S/C15H17N5/c1-11-13(9-16)15(19(2)18-11)20-8-7-17-10-12-5-3-4-6-14(12)20/h3-6,17H,7-8,10H2,1-2H3. The highest BCUT2D eigenvalue weighted by Crippen LogP contribution is 2.32. The fourth-order valence-corrected chi connectivity index (χ4v) is 2.76. The summed E-state index contributed by atoms with van der Waals surface area (Å²) in [6.07, 6.45) is 0. The van der Waals surface area contributed by atoms with E-state index in [2.05, 4.69) is 33.5 Å². The van der Waals surface area contributed by atoms with Crippen LogP contribution in [-0.4, -0.2) is 22.9 Å². The minimum Gasteiger partial charge on any atom is -0.324 e. The molecule has 1 aromatic heterocycles. The average Bonchev–Trinajstić information content (AvgIpc) is 2.63. The van der Waals surface area contributed by atoms with E-state index in [1.807, 2.05) is 26.1 Å². The lowest BCUT2D eigenvalue weighted by molar-refractivity contribution is 0.696. The zero-order valence-corrected chi connectivity index (χ0v) is 11.7. The molecule has 1 aromatic carbocycles. The van der Waals surface area contributed by atoms with Crippen molar-refractivity contribution >= 4 is 11.5 Å². The summed E-state index contributed by atoms with van der Waals surface area (Å²) >= 11 is 0. The molecular weight excluding hydrogens is 250 g/mol. The molecule has 0 saturated heterocycles. The fourth-order valence-electron chi connectivity index (χ4n) is 2.76. The van der Waals surface area contributed by atoms with Gasteiger partial charge in [-0.15, -0.1) is 0 Å². The molecule has 0 radical (unpaired) electrons. The molecule has 2 heterocycles. The summed E-state index contributed by atoms with van der Waals surface area (Å²) in [5, 5.41) is 17.2. The zero-order chi connectivity index (χ0) is 14.1. The lowest BCUT2D eigenvalue weighted by Crippen LogP contribution is -2.26. The van der Waals surface area contributed by atoms with Gasteiger partial charge < -0.3 is 10.2 Å². The summed E-state index contributed by atoms with van der Waals surface area (Å²) in [4.78, 5) is 2.19. The summed E-state index contributed by atoms with van der Waals surface area (Å²) in [6.45, 7) is 4.43. The van der Waals surface area contributed by atoms with Crippen LogP contribution < -0.4 is 10.2 Å². The number of nitrogens with one attached hydrogen (secondary N) is 1. The maximum absolute atomic E-state index is 9.42.